The molecule has 19 nitrogen and oxygen atoms in total. The summed E-state index contributed by atoms with van der Waals surface area (Å²) in [5, 5.41) is 56.5. The third kappa shape index (κ3) is 30.9. The van der Waals surface area contributed by atoms with E-state index in [2.05, 4.69) is 86.1 Å². The summed E-state index contributed by atoms with van der Waals surface area (Å²) in [5.41, 5.74) is 16.0. The van der Waals surface area contributed by atoms with Crippen LogP contribution in [-0.2, 0) is 90.0 Å². The average molecular weight is 2360 g/mol. The molecule has 18 rings (SSSR count). The topological polar surface area (TPSA) is 234 Å². The molecule has 2 N–H and O–H groups in total. The molecule has 0 saturated carbocycles. The van der Waals surface area contributed by atoms with E-state index in [0.29, 0.717) is 46.8 Å². The maximum absolute atomic E-state index is 12.6. The van der Waals surface area contributed by atoms with Gasteiger partial charge in [0.1, 0.15) is 22.7 Å². The van der Waals surface area contributed by atoms with E-state index in [1.165, 1.54) is 22.2 Å². The summed E-state index contributed by atoms with van der Waals surface area (Å²) in [7, 11) is 0. The molecule has 642 valence electrons. The molecule has 0 aliphatic carbocycles. The summed E-state index contributed by atoms with van der Waals surface area (Å²) >= 11 is 0. The number of hydrogen-bond acceptors (Lipinski definition) is 13. The van der Waals surface area contributed by atoms with Crippen LogP contribution in [0.5, 0.6) is 0 Å². The van der Waals surface area contributed by atoms with Crippen molar-refractivity contribution < 1.29 is 105 Å². The van der Waals surface area contributed by atoms with Crippen molar-refractivity contribution in [2.24, 2.45) is 21.0 Å². The van der Waals surface area contributed by atoms with Crippen molar-refractivity contribution in [1.29, 1.82) is 0 Å². The van der Waals surface area contributed by atoms with Crippen molar-refractivity contribution in [3.8, 4) is 79.0 Å². The van der Waals surface area contributed by atoms with Gasteiger partial charge in [-0.15, -0.1) is 66.2 Å². The number of nitrogens with zero attached hydrogens (tertiary/aromatic N) is 15. The normalized spacial score (nSPS) is 12.4. The minimum absolute atomic E-state index is 0. The van der Waals surface area contributed by atoms with Crippen molar-refractivity contribution in [3.05, 3.63) is 418 Å². The number of pyridine rings is 3. The molecule has 0 saturated heterocycles. The first-order chi connectivity index (χ1) is 58.7. The van der Waals surface area contributed by atoms with Crippen LogP contribution in [0.15, 0.2) is 392 Å². The number of benzene rings is 9. The van der Waals surface area contributed by atoms with E-state index < -0.39 is 0 Å². The van der Waals surface area contributed by atoms with Crippen LogP contribution in [0.25, 0.3) is 79.0 Å². The average Bonchev–Trinajstić information content (AvgIpc) is 1.65. The van der Waals surface area contributed by atoms with E-state index in [-0.39, 0.29) is 120 Å². The van der Waals surface area contributed by atoms with Crippen LogP contribution in [0.4, 0.5) is 15.8 Å². The quantitative estimate of drug-likeness (QED) is 0.0659. The summed E-state index contributed by atoms with van der Waals surface area (Å²) in [5.74, 6) is -0.574. The van der Waals surface area contributed by atoms with Crippen molar-refractivity contribution in [1.82, 2.24) is 54.9 Å². The predicted octanol–water partition coefficient (Wildman–Crippen LogP) is 21.8. The van der Waals surface area contributed by atoms with Crippen LogP contribution in [0, 0.1) is 47.0 Å². The summed E-state index contributed by atoms with van der Waals surface area (Å²) in [6.07, 6.45) is 13.5. The molecule has 9 heterocycles. The molecule has 2 aliphatic heterocycles. The number of hydrogen-bond donors (Lipinski definition) is 2. The Morgan fingerprint density at radius 2 is 0.728 bits per heavy atom. The number of anilines is 2. The van der Waals surface area contributed by atoms with Crippen LogP contribution in [-0.4, -0.2) is 78.2 Å². The Kier molecular flexibility index (Phi) is 40.2. The van der Waals surface area contributed by atoms with Gasteiger partial charge in [-0.05, 0) is 132 Å². The van der Waals surface area contributed by atoms with Crippen LogP contribution >= 0.6 is 0 Å². The number of carbonyl (C=O) groups is 2. The molecule has 4 radical (unpaired) electrons. The minimum Gasteiger partial charge on any atom is -0.573 e. The van der Waals surface area contributed by atoms with Crippen LogP contribution in [0.2, 0.25) is 0 Å². The van der Waals surface area contributed by atoms with Gasteiger partial charge >= 0.3 is 0 Å². The molecule has 0 unspecified atom stereocenters. The zero-order valence-electron chi connectivity index (χ0n) is 69.6. The van der Waals surface area contributed by atoms with Gasteiger partial charge in [-0.1, -0.05) is 174 Å². The first-order valence-electron chi connectivity index (χ1n) is 38.9. The van der Waals surface area contributed by atoms with Gasteiger partial charge in [-0.2, -0.15) is 115 Å². The number of amides is 2. The standard InChI is InChI=1S/2C16H20N2O2.2C14H10N3.C12H7F.C11H8N.2C9H7N2.4Ir/c2*1-11-14(13(19)10-16(2,3)4)15(20)18(17-11)12-8-6-5-7-9-12;2*1-2-6-11(7-3-1)13-10-14(17-16-13)12-8-4-5-9-15-12;13-12-8-6-11(7-9-12)10-4-2-1-3-5-10;1-2-6-10(7-3-1)11-8-4-5-9-12-11;2*1-2-5-9(6-3-1)11-8-4-7-10-11;;;;/h2*5-9,19H,10H2,1-4H3;2*1-10H;1-4,6,8-9H;1-6,8-9H;2*1-5,7-8H;;;;/q;;2*-1;-2;3*-1;;;;. The summed E-state index contributed by atoms with van der Waals surface area (Å²) in [6.45, 7) is 15.6. The van der Waals surface area contributed by atoms with Gasteiger partial charge in [0.15, 0.2) is 0 Å². The second kappa shape index (κ2) is 50.7. The largest absolute Gasteiger partial charge is 0.573 e. The molecular weight excluding hydrogens is 2280 g/mol. The predicted molar refractivity (Wildman–Crippen MR) is 477 cm³/mol. The van der Waals surface area contributed by atoms with Crippen molar-refractivity contribution in [2.75, 3.05) is 10.0 Å². The van der Waals surface area contributed by atoms with Crippen molar-refractivity contribution in [3.63, 3.8) is 0 Å². The molecule has 9 aromatic carbocycles. The van der Waals surface area contributed by atoms with Crippen LogP contribution in [0.3, 0.4) is 0 Å². The Hall–Kier alpha value is -12.8. The SMILES string of the molecule is CC1=NN(c2ccccc2)C(=O)C1=C(O)CC(C)(C)C.CC1=NN(c2ccccc2)C(=O)C1=C(O)CC(C)(C)C.Fc1c[c-]c(-c2[c-]cccc2)cc1.[Ir].[Ir].[Ir].[Ir].[c-]1ccccc1-c1ccccn1.[c-]1ccccc1-n1cccn1.[c-]1ccccc1-n1cccn1.c1ccc(-c2cc(-c3ccccn3)[n-]n2)cc1.c1ccc(-c2cc(-c3ccccn3)[n-]n2)cc1. The number of aromatic nitrogens is 11. The molecule has 0 spiro atoms. The molecule has 2 amide bonds. The summed E-state index contributed by atoms with van der Waals surface area (Å²) in [6, 6.07) is 114. The number of carbonyl (C=O) groups excluding carboxylic acids is 2. The number of halogens is 1. The molecule has 0 bridgehead atoms. The summed E-state index contributed by atoms with van der Waals surface area (Å²) < 4.78 is 16.1. The minimum atomic E-state index is -0.268. The second-order valence-electron chi connectivity index (χ2n) is 29.4. The molecule has 125 heavy (non-hydrogen) atoms. The fourth-order valence-corrected chi connectivity index (χ4v) is 11.8. The molecule has 16 aromatic rings. The van der Waals surface area contributed by atoms with Gasteiger partial charge in [0, 0.05) is 165 Å². The number of aliphatic hydroxyl groups is 2. The van der Waals surface area contributed by atoms with Gasteiger partial charge in [0.05, 0.1) is 22.8 Å². The fraction of sp³-hybridized carbons (Fsp3) is 0.119. The number of aliphatic hydroxyl groups excluding tert-OH is 2. The smallest absolute Gasteiger partial charge is 0.284 e. The number of hydrazone groups is 2. The Bertz CT molecular complexity index is 5490. The Morgan fingerprint density at radius 3 is 1.06 bits per heavy atom. The maximum atomic E-state index is 12.6. The van der Waals surface area contributed by atoms with Gasteiger partial charge < -0.3 is 35.6 Å². The molecule has 7 aromatic heterocycles. The molecule has 2 aliphatic rings. The third-order valence-corrected chi connectivity index (χ3v) is 17.4. The zero-order chi connectivity index (χ0) is 85.2. The zero-order valence-corrected chi connectivity index (χ0v) is 79.2. The van der Waals surface area contributed by atoms with E-state index >= 15 is 0 Å². The number of allylic oxidation sites excluding steroid dienone is 2. The van der Waals surface area contributed by atoms with Crippen molar-refractivity contribution >= 4 is 34.6 Å². The second-order valence-corrected chi connectivity index (χ2v) is 29.4. The monoisotopic (exact) mass is 2370 g/mol. The van der Waals surface area contributed by atoms with Gasteiger partial charge in [-0.25, -0.2) is 11.1 Å². The first kappa shape index (κ1) is 99.3. The number of rotatable bonds is 12. The van der Waals surface area contributed by atoms with Gasteiger partial charge in [0.2, 0.25) is 0 Å². The summed E-state index contributed by atoms with van der Waals surface area (Å²) in [4.78, 5) is 37.6. The van der Waals surface area contributed by atoms with Crippen LogP contribution in [0.1, 0.15) is 68.2 Å². The van der Waals surface area contributed by atoms with Gasteiger partial charge in [0.25, 0.3) is 11.8 Å². The first-order valence-corrected chi connectivity index (χ1v) is 38.9. The van der Waals surface area contributed by atoms with Crippen molar-refractivity contribution in [2.45, 2.75) is 68.2 Å². The van der Waals surface area contributed by atoms with E-state index in [1.807, 2.05) is 351 Å². The van der Waals surface area contributed by atoms with Gasteiger partial charge in [-0.3, -0.25) is 33.3 Å². The Balaban J connectivity index is 0.000000197. The fourth-order valence-electron chi connectivity index (χ4n) is 11.8. The third-order valence-electron chi connectivity index (χ3n) is 17.4. The maximum Gasteiger partial charge on any atom is 0.284 e. The molecule has 0 fully saturated rings. The number of para-hydroxylation sites is 4. The van der Waals surface area contributed by atoms with E-state index in [0.717, 1.165) is 79.0 Å². The van der Waals surface area contributed by atoms with Crippen LogP contribution < -0.4 is 20.2 Å². The van der Waals surface area contributed by atoms with E-state index in [1.54, 1.807) is 60.3 Å². The molecule has 0 atom stereocenters. The molecular formula is C101H89FIr4N15O4-7. The van der Waals surface area contributed by atoms with E-state index in [4.69, 9.17) is 0 Å². The Morgan fingerprint density at radius 1 is 0.376 bits per heavy atom. The molecule has 24 heteroatoms. The van der Waals surface area contributed by atoms with E-state index in [9.17, 15) is 24.2 Å². The Labute approximate surface area is 783 Å².